The molecule has 124 valence electrons. The summed E-state index contributed by atoms with van der Waals surface area (Å²) in [6, 6.07) is 18.2. The molecule has 0 atom stereocenters. The van der Waals surface area contributed by atoms with Gasteiger partial charge in [0.25, 0.3) is 0 Å². The number of benzene rings is 2. The van der Waals surface area contributed by atoms with E-state index in [-0.39, 0.29) is 5.71 Å². The van der Waals surface area contributed by atoms with Crippen LogP contribution in [0, 0.1) is 0 Å². The van der Waals surface area contributed by atoms with Crippen molar-refractivity contribution in [2.45, 2.75) is 19.3 Å². The van der Waals surface area contributed by atoms with Gasteiger partial charge in [-0.25, -0.2) is 4.79 Å². The SMILES string of the molecule is [N-]=[N+]=C(C(=O)O/C(=C\C1=CCCC1)c1ccccc1)c1ccccc1. The summed E-state index contributed by atoms with van der Waals surface area (Å²) in [7, 11) is 0. The zero-order valence-electron chi connectivity index (χ0n) is 13.8. The molecule has 4 heteroatoms. The number of hydrogen-bond acceptors (Lipinski definition) is 2. The third-order valence-corrected chi connectivity index (χ3v) is 3.99. The van der Waals surface area contributed by atoms with Crippen LogP contribution in [-0.4, -0.2) is 16.5 Å². The molecule has 0 heterocycles. The van der Waals surface area contributed by atoms with E-state index >= 15 is 0 Å². The normalized spacial score (nSPS) is 13.8. The van der Waals surface area contributed by atoms with Crippen LogP contribution in [0.25, 0.3) is 11.3 Å². The highest BCUT2D eigenvalue weighted by atomic mass is 16.5. The minimum atomic E-state index is -0.692. The van der Waals surface area contributed by atoms with Gasteiger partial charge in [-0.3, -0.25) is 0 Å². The van der Waals surface area contributed by atoms with Gasteiger partial charge in [-0.05, 0) is 43.0 Å². The summed E-state index contributed by atoms with van der Waals surface area (Å²) in [5, 5.41) is 0. The summed E-state index contributed by atoms with van der Waals surface area (Å²) in [4.78, 5) is 15.7. The first-order valence-electron chi connectivity index (χ1n) is 8.24. The van der Waals surface area contributed by atoms with Gasteiger partial charge in [-0.1, -0.05) is 54.6 Å². The summed E-state index contributed by atoms with van der Waals surface area (Å²) >= 11 is 0. The summed E-state index contributed by atoms with van der Waals surface area (Å²) in [6.07, 6.45) is 7.15. The molecule has 0 aliphatic heterocycles. The third kappa shape index (κ3) is 4.19. The Balaban J connectivity index is 1.90. The highest BCUT2D eigenvalue weighted by Crippen LogP contribution is 2.25. The number of carbonyl (C=O) groups excluding carboxylic acids is 1. The summed E-state index contributed by atoms with van der Waals surface area (Å²) in [5.74, 6) is -0.238. The van der Waals surface area contributed by atoms with Crippen LogP contribution in [0.5, 0.6) is 0 Å². The molecule has 0 bridgehead atoms. The number of allylic oxidation sites excluding steroid dienone is 3. The zero-order valence-corrected chi connectivity index (χ0v) is 13.8. The second-order valence-electron chi connectivity index (χ2n) is 5.75. The van der Waals surface area contributed by atoms with Crippen LogP contribution in [0.2, 0.25) is 0 Å². The maximum absolute atomic E-state index is 12.6. The first-order valence-corrected chi connectivity index (χ1v) is 8.24. The molecular weight excluding hydrogens is 312 g/mol. The second-order valence-corrected chi connectivity index (χ2v) is 5.75. The molecule has 0 fully saturated rings. The molecular formula is C21H18N2O2. The van der Waals surface area contributed by atoms with Crippen molar-refractivity contribution in [2.24, 2.45) is 0 Å². The average Bonchev–Trinajstić information content (AvgIpc) is 3.16. The predicted molar refractivity (Wildman–Crippen MR) is 96.6 cm³/mol. The van der Waals surface area contributed by atoms with Crippen molar-refractivity contribution < 1.29 is 14.3 Å². The first-order chi connectivity index (χ1) is 12.3. The second kappa shape index (κ2) is 8.04. The Hall–Kier alpha value is -3.23. The lowest BCUT2D eigenvalue weighted by molar-refractivity contribution is -0.133. The molecule has 3 rings (SSSR count). The molecule has 0 spiro atoms. The van der Waals surface area contributed by atoms with Gasteiger partial charge in [0.2, 0.25) is 0 Å². The molecule has 2 aromatic rings. The van der Waals surface area contributed by atoms with Crippen LogP contribution < -0.4 is 0 Å². The fourth-order valence-electron chi connectivity index (χ4n) is 2.73. The van der Waals surface area contributed by atoms with E-state index in [0.29, 0.717) is 11.3 Å². The lowest BCUT2D eigenvalue weighted by atomic mass is 10.1. The molecule has 2 aromatic carbocycles. The van der Waals surface area contributed by atoms with Crippen LogP contribution in [-0.2, 0) is 9.53 Å². The number of nitrogens with zero attached hydrogens (tertiary/aromatic N) is 2. The quantitative estimate of drug-likeness (QED) is 0.268. The molecule has 1 aliphatic rings. The topological polar surface area (TPSA) is 62.7 Å². The van der Waals surface area contributed by atoms with Crippen molar-refractivity contribution in [3.05, 3.63) is 95.0 Å². The fourth-order valence-corrected chi connectivity index (χ4v) is 2.73. The summed E-state index contributed by atoms with van der Waals surface area (Å²) in [5.41, 5.74) is 11.6. The van der Waals surface area contributed by atoms with Gasteiger partial charge in [-0.2, -0.15) is 4.79 Å². The lowest BCUT2D eigenvalue weighted by Crippen LogP contribution is -2.19. The summed E-state index contributed by atoms with van der Waals surface area (Å²) in [6.45, 7) is 0. The minimum absolute atomic E-state index is 0.122. The number of esters is 1. The Bertz CT molecular complexity index is 861. The van der Waals surface area contributed by atoms with Crippen molar-refractivity contribution in [3.63, 3.8) is 0 Å². The molecule has 0 aromatic heterocycles. The molecule has 0 unspecified atom stereocenters. The minimum Gasteiger partial charge on any atom is -0.417 e. The smallest absolute Gasteiger partial charge is 0.417 e. The van der Waals surface area contributed by atoms with Gasteiger partial charge in [-0.15, -0.1) is 0 Å². The van der Waals surface area contributed by atoms with Crippen LogP contribution in [0.1, 0.15) is 30.4 Å². The molecule has 0 radical (unpaired) electrons. The average molecular weight is 330 g/mol. The van der Waals surface area contributed by atoms with Gasteiger partial charge < -0.3 is 10.3 Å². The maximum Gasteiger partial charge on any atom is 0.427 e. The van der Waals surface area contributed by atoms with E-state index in [1.54, 1.807) is 24.3 Å². The van der Waals surface area contributed by atoms with Crippen molar-refractivity contribution in [3.8, 4) is 0 Å². The van der Waals surface area contributed by atoms with Crippen LogP contribution in [0.3, 0.4) is 0 Å². The van der Waals surface area contributed by atoms with Gasteiger partial charge in [0, 0.05) is 5.56 Å². The Morgan fingerprint density at radius 2 is 1.64 bits per heavy atom. The Morgan fingerprint density at radius 3 is 2.20 bits per heavy atom. The maximum atomic E-state index is 12.6. The van der Waals surface area contributed by atoms with E-state index < -0.39 is 5.97 Å². The standard InChI is InChI=1S/C21H18N2O2/c22-23-20(18-13-5-2-6-14-18)21(24)25-19(15-16-9-7-8-10-16)17-11-3-1-4-12-17/h1-6,9,11-15H,7-8,10H2/b19-15-. The largest absolute Gasteiger partial charge is 0.427 e. The van der Waals surface area contributed by atoms with Gasteiger partial charge in [0.05, 0.1) is 5.56 Å². The van der Waals surface area contributed by atoms with Crippen molar-refractivity contribution in [1.82, 2.24) is 0 Å². The molecule has 25 heavy (non-hydrogen) atoms. The number of rotatable bonds is 5. The van der Waals surface area contributed by atoms with E-state index in [1.165, 1.54) is 0 Å². The van der Waals surface area contributed by atoms with E-state index in [4.69, 9.17) is 4.74 Å². The van der Waals surface area contributed by atoms with E-state index in [9.17, 15) is 10.3 Å². The zero-order chi connectivity index (χ0) is 17.5. The highest BCUT2D eigenvalue weighted by molar-refractivity contribution is 6.41. The van der Waals surface area contributed by atoms with Gasteiger partial charge in [0.15, 0.2) is 0 Å². The van der Waals surface area contributed by atoms with Crippen molar-refractivity contribution in [1.29, 1.82) is 0 Å². The fraction of sp³-hybridized carbons (Fsp3) is 0.143. The number of hydrogen-bond donors (Lipinski definition) is 0. The number of ether oxygens (including phenoxy) is 1. The summed E-state index contributed by atoms with van der Waals surface area (Å²) < 4.78 is 5.60. The Kier molecular flexibility index (Phi) is 5.35. The van der Waals surface area contributed by atoms with Crippen LogP contribution in [0.15, 0.2) is 78.4 Å². The molecule has 4 nitrogen and oxygen atoms in total. The van der Waals surface area contributed by atoms with E-state index in [1.807, 2.05) is 42.5 Å². The predicted octanol–water partition coefficient (Wildman–Crippen LogP) is 4.40. The molecule has 0 N–H and O–H groups in total. The first kappa shape index (κ1) is 16.6. The van der Waals surface area contributed by atoms with Crippen LogP contribution in [0.4, 0.5) is 0 Å². The Morgan fingerprint density at radius 1 is 1.00 bits per heavy atom. The van der Waals surface area contributed by atoms with E-state index in [2.05, 4.69) is 10.9 Å². The molecule has 0 saturated carbocycles. The van der Waals surface area contributed by atoms with Gasteiger partial charge in [0.1, 0.15) is 5.76 Å². The van der Waals surface area contributed by atoms with Crippen LogP contribution >= 0.6 is 0 Å². The molecule has 1 aliphatic carbocycles. The third-order valence-electron chi connectivity index (χ3n) is 3.99. The monoisotopic (exact) mass is 330 g/mol. The molecule has 0 saturated heterocycles. The van der Waals surface area contributed by atoms with Crippen molar-refractivity contribution in [2.75, 3.05) is 0 Å². The van der Waals surface area contributed by atoms with E-state index in [0.717, 1.165) is 30.4 Å². The Labute approximate surface area is 146 Å². The lowest BCUT2D eigenvalue weighted by Gasteiger charge is -2.08. The molecule has 0 amide bonds. The van der Waals surface area contributed by atoms with Gasteiger partial charge >= 0.3 is 11.7 Å². The number of carbonyl (C=O) groups is 1. The van der Waals surface area contributed by atoms with Crippen molar-refractivity contribution >= 4 is 17.4 Å². The highest BCUT2D eigenvalue weighted by Gasteiger charge is 2.26.